The molecule has 3 heterocycles. The minimum Gasteiger partial charge on any atom is -0.478 e. The SMILES string of the molecule is O=C(O)c1cc(-c2ccc(-n3ccc(CCCO)cc3=O)cc2)nc2ccncc12. The van der Waals surface area contributed by atoms with Crippen molar-refractivity contribution in [2.45, 2.75) is 12.8 Å². The van der Waals surface area contributed by atoms with Crippen LogP contribution in [0, 0.1) is 0 Å². The lowest BCUT2D eigenvalue weighted by Crippen LogP contribution is -2.17. The molecule has 0 spiro atoms. The fraction of sp³-hybridized carbons (Fsp3) is 0.130. The standard InChI is InChI=1S/C23H19N3O4/c27-11-1-2-15-8-10-26(22(28)12-15)17-5-3-16(4-6-17)21-13-18(23(29)30)19-14-24-9-7-20(19)25-21/h3-10,12-14,27H,1-2,11H2,(H,29,30). The van der Waals surface area contributed by atoms with Crippen LogP contribution in [0.15, 0.2) is 71.9 Å². The van der Waals surface area contributed by atoms with E-state index in [1.807, 2.05) is 18.2 Å². The number of carboxylic acid groups (broad SMARTS) is 1. The highest BCUT2D eigenvalue weighted by molar-refractivity contribution is 6.03. The van der Waals surface area contributed by atoms with Crippen LogP contribution in [0.4, 0.5) is 0 Å². The maximum absolute atomic E-state index is 12.4. The van der Waals surface area contributed by atoms with E-state index in [0.29, 0.717) is 35.1 Å². The number of hydrogen-bond acceptors (Lipinski definition) is 5. The molecule has 0 bridgehead atoms. The molecule has 2 N–H and O–H groups in total. The van der Waals surface area contributed by atoms with Crippen molar-refractivity contribution in [1.29, 1.82) is 0 Å². The molecule has 4 rings (SSSR count). The highest BCUT2D eigenvalue weighted by Gasteiger charge is 2.13. The Bertz CT molecular complexity index is 1280. The molecule has 0 aliphatic heterocycles. The number of aryl methyl sites for hydroxylation is 1. The summed E-state index contributed by atoms with van der Waals surface area (Å²) < 4.78 is 1.54. The predicted molar refractivity (Wildman–Crippen MR) is 113 cm³/mol. The van der Waals surface area contributed by atoms with Crippen molar-refractivity contribution in [3.63, 3.8) is 0 Å². The minimum absolute atomic E-state index is 0.0907. The minimum atomic E-state index is -1.04. The molecule has 1 aromatic carbocycles. The van der Waals surface area contributed by atoms with Crippen molar-refractivity contribution in [1.82, 2.24) is 14.5 Å². The Kier molecular flexibility index (Phi) is 5.36. The molecule has 150 valence electrons. The summed E-state index contributed by atoms with van der Waals surface area (Å²) in [5.41, 5.74) is 3.40. The molecule has 0 radical (unpaired) electrons. The number of rotatable bonds is 6. The first-order valence-electron chi connectivity index (χ1n) is 9.48. The normalized spacial score (nSPS) is 11.0. The highest BCUT2D eigenvalue weighted by Crippen LogP contribution is 2.25. The molecule has 7 heteroatoms. The molecule has 0 fully saturated rings. The van der Waals surface area contributed by atoms with Gasteiger partial charge in [-0.2, -0.15) is 0 Å². The quantitative estimate of drug-likeness (QED) is 0.514. The molecule has 0 aliphatic carbocycles. The number of aliphatic hydroxyl groups excluding tert-OH is 1. The summed E-state index contributed by atoms with van der Waals surface area (Å²) in [6, 6.07) is 13.8. The van der Waals surface area contributed by atoms with Crippen LogP contribution in [0.1, 0.15) is 22.3 Å². The summed E-state index contributed by atoms with van der Waals surface area (Å²) in [4.78, 5) is 32.6. The van der Waals surface area contributed by atoms with Crippen molar-refractivity contribution in [3.05, 3.63) is 88.6 Å². The van der Waals surface area contributed by atoms with Crippen LogP contribution in [-0.4, -0.2) is 37.3 Å². The van der Waals surface area contributed by atoms with Crippen LogP contribution in [0.25, 0.3) is 27.8 Å². The zero-order valence-corrected chi connectivity index (χ0v) is 16.0. The lowest BCUT2D eigenvalue weighted by atomic mass is 10.1. The molecule has 0 unspecified atom stereocenters. The van der Waals surface area contributed by atoms with Crippen LogP contribution in [0.3, 0.4) is 0 Å². The van der Waals surface area contributed by atoms with Crippen LogP contribution in [0.5, 0.6) is 0 Å². The van der Waals surface area contributed by atoms with Gasteiger partial charge in [-0.3, -0.25) is 14.3 Å². The van der Waals surface area contributed by atoms with Gasteiger partial charge in [0.2, 0.25) is 0 Å². The van der Waals surface area contributed by atoms with Gasteiger partial charge in [0.15, 0.2) is 0 Å². The number of aliphatic hydroxyl groups is 1. The van der Waals surface area contributed by atoms with Gasteiger partial charge >= 0.3 is 5.97 Å². The average molecular weight is 401 g/mol. The van der Waals surface area contributed by atoms with E-state index in [-0.39, 0.29) is 17.7 Å². The third-order valence-electron chi connectivity index (χ3n) is 4.89. The number of nitrogens with zero attached hydrogens (tertiary/aromatic N) is 3. The Labute approximate surface area is 171 Å². The molecule has 0 atom stereocenters. The van der Waals surface area contributed by atoms with Crippen LogP contribution in [0.2, 0.25) is 0 Å². The summed E-state index contributed by atoms with van der Waals surface area (Å²) in [5, 5.41) is 19.0. The van der Waals surface area contributed by atoms with Crippen molar-refractivity contribution in [2.75, 3.05) is 6.61 Å². The predicted octanol–water partition coefficient (Wildman–Crippen LogP) is 3.07. The number of carbonyl (C=O) groups is 1. The van der Waals surface area contributed by atoms with E-state index >= 15 is 0 Å². The second-order valence-electron chi connectivity index (χ2n) is 6.87. The Balaban J connectivity index is 1.69. The third-order valence-corrected chi connectivity index (χ3v) is 4.89. The van der Waals surface area contributed by atoms with Gasteiger partial charge < -0.3 is 10.2 Å². The van der Waals surface area contributed by atoms with Gasteiger partial charge in [-0.05, 0) is 48.7 Å². The number of hydrogen-bond donors (Lipinski definition) is 2. The van der Waals surface area contributed by atoms with Gasteiger partial charge in [-0.25, -0.2) is 9.78 Å². The molecule has 30 heavy (non-hydrogen) atoms. The lowest BCUT2D eigenvalue weighted by Gasteiger charge is -2.10. The number of pyridine rings is 3. The summed E-state index contributed by atoms with van der Waals surface area (Å²) in [5.74, 6) is -1.04. The zero-order chi connectivity index (χ0) is 21.1. The molecule has 3 aromatic heterocycles. The first-order chi connectivity index (χ1) is 14.6. The molecular weight excluding hydrogens is 382 g/mol. The number of carboxylic acids is 1. The van der Waals surface area contributed by atoms with E-state index < -0.39 is 5.97 Å². The first-order valence-corrected chi connectivity index (χ1v) is 9.48. The van der Waals surface area contributed by atoms with Crippen LogP contribution < -0.4 is 5.56 Å². The second kappa shape index (κ2) is 8.26. The highest BCUT2D eigenvalue weighted by atomic mass is 16.4. The van der Waals surface area contributed by atoms with Crippen LogP contribution >= 0.6 is 0 Å². The van der Waals surface area contributed by atoms with Crippen molar-refractivity contribution < 1.29 is 15.0 Å². The topological polar surface area (TPSA) is 105 Å². The van der Waals surface area contributed by atoms with Crippen molar-refractivity contribution in [3.8, 4) is 16.9 Å². The maximum Gasteiger partial charge on any atom is 0.336 e. The fourth-order valence-corrected chi connectivity index (χ4v) is 3.36. The molecular formula is C23H19N3O4. The fourth-order valence-electron chi connectivity index (χ4n) is 3.36. The Hall–Kier alpha value is -3.84. The number of fused-ring (bicyclic) bond motifs is 1. The summed E-state index contributed by atoms with van der Waals surface area (Å²) in [7, 11) is 0. The zero-order valence-electron chi connectivity index (χ0n) is 16.0. The first kappa shape index (κ1) is 19.5. The van der Waals surface area contributed by atoms with Gasteiger partial charge in [0.05, 0.1) is 16.8 Å². The number of benzene rings is 1. The Morgan fingerprint density at radius 1 is 1.07 bits per heavy atom. The summed E-state index contributed by atoms with van der Waals surface area (Å²) in [6.07, 6.45) is 6.06. The largest absolute Gasteiger partial charge is 0.478 e. The van der Waals surface area contributed by atoms with Crippen LogP contribution in [-0.2, 0) is 6.42 Å². The van der Waals surface area contributed by atoms with Gasteiger partial charge in [0, 0.05) is 47.9 Å². The molecule has 0 amide bonds. The summed E-state index contributed by atoms with van der Waals surface area (Å²) in [6.45, 7) is 0.0907. The molecule has 4 aromatic rings. The monoisotopic (exact) mass is 401 g/mol. The average Bonchev–Trinajstić information content (AvgIpc) is 2.77. The van der Waals surface area contributed by atoms with E-state index in [9.17, 15) is 14.7 Å². The summed E-state index contributed by atoms with van der Waals surface area (Å²) >= 11 is 0. The Morgan fingerprint density at radius 2 is 1.87 bits per heavy atom. The van der Waals surface area contributed by atoms with E-state index in [1.54, 1.807) is 36.7 Å². The van der Waals surface area contributed by atoms with Gasteiger partial charge in [0.1, 0.15) is 0 Å². The molecule has 0 aliphatic rings. The van der Waals surface area contributed by atoms with E-state index in [4.69, 9.17) is 5.11 Å². The third kappa shape index (κ3) is 3.83. The van der Waals surface area contributed by atoms with E-state index in [0.717, 1.165) is 11.1 Å². The van der Waals surface area contributed by atoms with E-state index in [1.165, 1.54) is 16.8 Å². The second-order valence-corrected chi connectivity index (χ2v) is 6.87. The van der Waals surface area contributed by atoms with Gasteiger partial charge in [-0.1, -0.05) is 12.1 Å². The van der Waals surface area contributed by atoms with E-state index in [2.05, 4.69) is 9.97 Å². The molecule has 0 saturated carbocycles. The van der Waals surface area contributed by atoms with Crippen molar-refractivity contribution in [2.24, 2.45) is 0 Å². The number of aromatic nitrogens is 3. The van der Waals surface area contributed by atoms with Gasteiger partial charge in [0.25, 0.3) is 5.56 Å². The Morgan fingerprint density at radius 3 is 2.57 bits per heavy atom. The van der Waals surface area contributed by atoms with Gasteiger partial charge in [-0.15, -0.1) is 0 Å². The maximum atomic E-state index is 12.4. The molecule has 0 saturated heterocycles. The van der Waals surface area contributed by atoms with Crippen molar-refractivity contribution >= 4 is 16.9 Å². The smallest absolute Gasteiger partial charge is 0.336 e. The number of aromatic carboxylic acids is 1. The molecule has 7 nitrogen and oxygen atoms in total. The lowest BCUT2D eigenvalue weighted by molar-refractivity contribution is 0.0699.